The van der Waals surface area contributed by atoms with Crippen LogP contribution in [0.5, 0.6) is 0 Å². The molecule has 0 fully saturated rings. The van der Waals surface area contributed by atoms with Crippen LogP contribution in [0.25, 0.3) is 0 Å². The second-order valence-corrected chi connectivity index (χ2v) is 5.65. The lowest BCUT2D eigenvalue weighted by Crippen LogP contribution is -2.15. The molecular weight excluding hydrogens is 336 g/mol. The van der Waals surface area contributed by atoms with E-state index in [0.29, 0.717) is 5.02 Å². The van der Waals surface area contributed by atoms with Gasteiger partial charge >= 0.3 is 0 Å². The fourth-order valence-corrected chi connectivity index (χ4v) is 2.40. The standard InChI is InChI=1S/C17H14ClF2N3O/c18-13-3-1-12(2-4-13)9-24-17(8-23-11-21-10-22-23)15-6-5-14(19)7-16(15)20/h1-7,10-11,17H,8-9H2. The van der Waals surface area contributed by atoms with E-state index in [2.05, 4.69) is 10.1 Å². The summed E-state index contributed by atoms with van der Waals surface area (Å²) in [5.74, 6) is -1.29. The highest BCUT2D eigenvalue weighted by Crippen LogP contribution is 2.25. The number of ether oxygens (including phenoxy) is 1. The van der Waals surface area contributed by atoms with Crippen LogP contribution in [0.3, 0.4) is 0 Å². The Balaban J connectivity index is 1.80. The largest absolute Gasteiger partial charge is 0.367 e. The quantitative estimate of drug-likeness (QED) is 0.670. The Kier molecular flexibility index (Phi) is 5.17. The summed E-state index contributed by atoms with van der Waals surface area (Å²) in [7, 11) is 0. The zero-order chi connectivity index (χ0) is 16.9. The third-order valence-corrected chi connectivity index (χ3v) is 3.75. The molecule has 1 unspecified atom stereocenters. The van der Waals surface area contributed by atoms with E-state index in [1.54, 1.807) is 12.1 Å². The van der Waals surface area contributed by atoms with Gasteiger partial charge in [-0.25, -0.2) is 13.8 Å². The van der Waals surface area contributed by atoms with Gasteiger partial charge in [0.05, 0.1) is 13.2 Å². The summed E-state index contributed by atoms with van der Waals surface area (Å²) in [5, 5.41) is 4.63. The maximum absolute atomic E-state index is 14.1. The molecule has 7 heteroatoms. The van der Waals surface area contributed by atoms with E-state index >= 15 is 0 Å². The van der Waals surface area contributed by atoms with Crippen LogP contribution in [0.4, 0.5) is 8.78 Å². The minimum absolute atomic E-state index is 0.257. The van der Waals surface area contributed by atoms with Crippen LogP contribution in [0.2, 0.25) is 5.02 Å². The lowest BCUT2D eigenvalue weighted by Gasteiger charge is -2.19. The normalized spacial score (nSPS) is 12.3. The Labute approximate surface area is 142 Å². The number of benzene rings is 2. The molecule has 0 aliphatic carbocycles. The SMILES string of the molecule is Fc1ccc(C(Cn2cncn2)OCc2ccc(Cl)cc2)c(F)c1. The van der Waals surface area contributed by atoms with Crippen molar-refractivity contribution in [3.8, 4) is 0 Å². The lowest BCUT2D eigenvalue weighted by molar-refractivity contribution is 0.0233. The third kappa shape index (κ3) is 4.15. The Morgan fingerprint density at radius 1 is 1.12 bits per heavy atom. The fraction of sp³-hybridized carbons (Fsp3) is 0.176. The van der Waals surface area contributed by atoms with Gasteiger partial charge in [0.25, 0.3) is 0 Å². The van der Waals surface area contributed by atoms with Gasteiger partial charge in [-0.05, 0) is 23.8 Å². The van der Waals surface area contributed by atoms with E-state index in [1.807, 2.05) is 12.1 Å². The molecule has 0 radical (unpaired) electrons. The molecule has 0 saturated heterocycles. The summed E-state index contributed by atoms with van der Waals surface area (Å²) >= 11 is 5.86. The topological polar surface area (TPSA) is 39.9 Å². The highest BCUT2D eigenvalue weighted by Gasteiger charge is 2.18. The van der Waals surface area contributed by atoms with E-state index in [9.17, 15) is 8.78 Å². The summed E-state index contributed by atoms with van der Waals surface area (Å²) in [5.41, 5.74) is 1.16. The van der Waals surface area contributed by atoms with E-state index in [0.717, 1.165) is 11.6 Å². The molecule has 0 aliphatic heterocycles. The summed E-state index contributed by atoms with van der Waals surface area (Å²) in [6, 6.07) is 10.6. The van der Waals surface area contributed by atoms with Crippen molar-refractivity contribution in [1.82, 2.24) is 14.8 Å². The van der Waals surface area contributed by atoms with Crippen molar-refractivity contribution in [2.45, 2.75) is 19.3 Å². The minimum atomic E-state index is -0.656. The molecule has 0 aliphatic rings. The Hall–Kier alpha value is -2.31. The maximum atomic E-state index is 14.1. The molecule has 1 atom stereocenters. The molecule has 3 rings (SSSR count). The molecule has 124 valence electrons. The molecule has 2 aromatic carbocycles. The van der Waals surface area contributed by atoms with E-state index in [4.69, 9.17) is 16.3 Å². The summed E-state index contributed by atoms with van der Waals surface area (Å²) in [6.07, 6.45) is 2.26. The van der Waals surface area contributed by atoms with Gasteiger partial charge in [0.15, 0.2) is 0 Å². The first-order chi connectivity index (χ1) is 11.6. The minimum Gasteiger partial charge on any atom is -0.367 e. The first-order valence-electron chi connectivity index (χ1n) is 7.25. The van der Waals surface area contributed by atoms with Gasteiger partial charge in [0.2, 0.25) is 0 Å². The molecule has 1 aromatic heterocycles. The zero-order valence-corrected chi connectivity index (χ0v) is 13.3. The van der Waals surface area contributed by atoms with E-state index < -0.39 is 17.7 Å². The van der Waals surface area contributed by atoms with Crippen LogP contribution in [0, 0.1) is 11.6 Å². The van der Waals surface area contributed by atoms with Crippen molar-refractivity contribution in [2.24, 2.45) is 0 Å². The van der Waals surface area contributed by atoms with Crippen molar-refractivity contribution in [3.05, 3.63) is 82.9 Å². The molecule has 0 bridgehead atoms. The molecule has 0 spiro atoms. The molecule has 1 heterocycles. The average molecular weight is 350 g/mol. The van der Waals surface area contributed by atoms with Crippen molar-refractivity contribution in [2.75, 3.05) is 0 Å². The monoisotopic (exact) mass is 349 g/mol. The van der Waals surface area contributed by atoms with Crippen molar-refractivity contribution in [3.63, 3.8) is 0 Å². The molecular formula is C17H14ClF2N3O. The van der Waals surface area contributed by atoms with E-state index in [1.165, 1.54) is 29.5 Å². The molecule has 0 saturated carbocycles. The Bertz CT molecular complexity index is 794. The number of hydrogen-bond acceptors (Lipinski definition) is 3. The first-order valence-corrected chi connectivity index (χ1v) is 7.63. The highest BCUT2D eigenvalue weighted by molar-refractivity contribution is 6.30. The maximum Gasteiger partial charge on any atom is 0.137 e. The lowest BCUT2D eigenvalue weighted by atomic mass is 10.1. The number of nitrogens with zero attached hydrogens (tertiary/aromatic N) is 3. The number of halogens is 3. The van der Waals surface area contributed by atoms with Gasteiger partial charge in [-0.2, -0.15) is 5.10 Å². The fourth-order valence-electron chi connectivity index (χ4n) is 2.28. The highest BCUT2D eigenvalue weighted by atomic mass is 35.5. The van der Waals surface area contributed by atoms with Crippen LogP contribution in [-0.2, 0) is 17.9 Å². The number of hydrogen-bond donors (Lipinski definition) is 0. The Morgan fingerprint density at radius 2 is 1.92 bits per heavy atom. The van der Waals surface area contributed by atoms with Gasteiger partial charge in [0, 0.05) is 16.7 Å². The van der Waals surface area contributed by atoms with Gasteiger partial charge in [-0.1, -0.05) is 29.8 Å². The first kappa shape index (κ1) is 16.5. The Morgan fingerprint density at radius 3 is 2.58 bits per heavy atom. The molecule has 0 amide bonds. The molecule has 4 nitrogen and oxygen atoms in total. The zero-order valence-electron chi connectivity index (χ0n) is 12.6. The number of aromatic nitrogens is 3. The van der Waals surface area contributed by atoms with Gasteiger partial charge in [0.1, 0.15) is 30.4 Å². The van der Waals surface area contributed by atoms with Crippen LogP contribution in [0.15, 0.2) is 55.1 Å². The molecule has 0 N–H and O–H groups in total. The second-order valence-electron chi connectivity index (χ2n) is 5.21. The van der Waals surface area contributed by atoms with Gasteiger partial charge in [-0.15, -0.1) is 0 Å². The van der Waals surface area contributed by atoms with Crippen molar-refractivity contribution in [1.29, 1.82) is 0 Å². The van der Waals surface area contributed by atoms with Crippen LogP contribution in [-0.4, -0.2) is 14.8 Å². The van der Waals surface area contributed by atoms with Crippen molar-refractivity contribution < 1.29 is 13.5 Å². The summed E-state index contributed by atoms with van der Waals surface area (Å²) in [6.45, 7) is 0.517. The predicted octanol–water partition coefficient (Wildman–Crippen LogP) is 4.17. The molecule has 3 aromatic rings. The third-order valence-electron chi connectivity index (χ3n) is 3.49. The smallest absolute Gasteiger partial charge is 0.137 e. The predicted molar refractivity (Wildman–Crippen MR) is 85.4 cm³/mol. The summed E-state index contributed by atoms with van der Waals surface area (Å²) in [4.78, 5) is 3.86. The molecule has 24 heavy (non-hydrogen) atoms. The van der Waals surface area contributed by atoms with Crippen LogP contribution >= 0.6 is 11.6 Å². The van der Waals surface area contributed by atoms with Crippen molar-refractivity contribution >= 4 is 11.6 Å². The summed E-state index contributed by atoms with van der Waals surface area (Å²) < 4.78 is 34.7. The van der Waals surface area contributed by atoms with Crippen LogP contribution < -0.4 is 0 Å². The van der Waals surface area contributed by atoms with Crippen LogP contribution in [0.1, 0.15) is 17.2 Å². The van der Waals surface area contributed by atoms with E-state index in [-0.39, 0.29) is 18.7 Å². The van der Waals surface area contributed by atoms with Gasteiger partial charge in [-0.3, -0.25) is 4.68 Å². The second kappa shape index (κ2) is 7.51. The number of rotatable bonds is 6. The van der Waals surface area contributed by atoms with Gasteiger partial charge < -0.3 is 4.74 Å². The average Bonchev–Trinajstić information content (AvgIpc) is 3.06.